The van der Waals surface area contributed by atoms with Gasteiger partial charge in [0.05, 0.1) is 11.6 Å². The zero-order chi connectivity index (χ0) is 13.8. The Labute approximate surface area is 112 Å². The fraction of sp³-hybridized carbons (Fsp3) is 0.778. The van der Waals surface area contributed by atoms with Gasteiger partial charge in [-0.2, -0.15) is 12.7 Å². The van der Waals surface area contributed by atoms with Gasteiger partial charge in [-0.25, -0.2) is 9.52 Å². The van der Waals surface area contributed by atoms with E-state index in [4.69, 9.17) is 18.0 Å². The smallest absolute Gasteiger partial charge is 0.421 e. The molecule has 0 aromatic rings. The van der Waals surface area contributed by atoms with Crippen LogP contribution in [-0.4, -0.2) is 43.5 Å². The Balaban J connectivity index is 2.67. The zero-order valence-electron chi connectivity index (χ0n) is 10.1. The number of nitrogens with two attached hydrogens (primary N) is 1. The van der Waals surface area contributed by atoms with Gasteiger partial charge in [0, 0.05) is 19.0 Å². The first kappa shape index (κ1) is 15.1. The van der Waals surface area contributed by atoms with E-state index >= 15 is 0 Å². The third kappa shape index (κ3) is 4.07. The summed E-state index contributed by atoms with van der Waals surface area (Å²) in [5, 5.41) is 0. The number of nitrogens with one attached hydrogen (secondary N) is 1. The lowest BCUT2D eigenvalue weighted by molar-refractivity contribution is 0.157. The molecule has 7 nitrogen and oxygen atoms in total. The predicted molar refractivity (Wildman–Crippen MR) is 70.2 cm³/mol. The van der Waals surface area contributed by atoms with Crippen molar-refractivity contribution in [1.29, 1.82) is 0 Å². The molecule has 18 heavy (non-hydrogen) atoms. The van der Waals surface area contributed by atoms with Crippen LogP contribution in [0.5, 0.6) is 0 Å². The van der Waals surface area contributed by atoms with E-state index in [1.165, 1.54) is 0 Å². The highest BCUT2D eigenvalue weighted by atomic mass is 32.2. The van der Waals surface area contributed by atoms with Crippen LogP contribution < -0.4 is 10.5 Å². The summed E-state index contributed by atoms with van der Waals surface area (Å²) >= 11 is 4.86. The van der Waals surface area contributed by atoms with Gasteiger partial charge in [0.2, 0.25) is 0 Å². The summed E-state index contributed by atoms with van der Waals surface area (Å²) in [6.07, 6.45) is 0.446. The van der Waals surface area contributed by atoms with Crippen LogP contribution in [0.1, 0.15) is 19.8 Å². The van der Waals surface area contributed by atoms with Crippen LogP contribution in [0.15, 0.2) is 0 Å². The first-order valence-electron chi connectivity index (χ1n) is 5.60. The Morgan fingerprint density at radius 1 is 1.61 bits per heavy atom. The lowest BCUT2D eigenvalue weighted by Crippen LogP contribution is -2.49. The monoisotopic (exact) mass is 295 g/mol. The second-order valence-corrected chi connectivity index (χ2v) is 6.07. The summed E-state index contributed by atoms with van der Waals surface area (Å²) in [4.78, 5) is 11.4. The molecule has 1 aliphatic heterocycles. The zero-order valence-corrected chi connectivity index (χ0v) is 11.7. The molecule has 0 aromatic heterocycles. The van der Waals surface area contributed by atoms with Gasteiger partial charge >= 0.3 is 16.3 Å². The largest absolute Gasteiger partial charge is 0.449 e. The van der Waals surface area contributed by atoms with Crippen LogP contribution in [0.2, 0.25) is 0 Å². The van der Waals surface area contributed by atoms with E-state index in [9.17, 15) is 13.2 Å². The van der Waals surface area contributed by atoms with Crippen molar-refractivity contribution >= 4 is 33.5 Å². The second-order valence-electron chi connectivity index (χ2n) is 3.93. The summed E-state index contributed by atoms with van der Waals surface area (Å²) in [5.41, 5.74) is 5.52. The van der Waals surface area contributed by atoms with Crippen molar-refractivity contribution in [2.45, 2.75) is 19.8 Å². The first-order chi connectivity index (χ1) is 8.36. The Hall–Kier alpha value is -0.930. The van der Waals surface area contributed by atoms with Crippen molar-refractivity contribution in [3.8, 4) is 0 Å². The lowest BCUT2D eigenvalue weighted by atomic mass is 10.0. The van der Waals surface area contributed by atoms with Crippen molar-refractivity contribution in [2.75, 3.05) is 19.7 Å². The molecule has 1 unspecified atom stereocenters. The summed E-state index contributed by atoms with van der Waals surface area (Å²) in [6, 6.07) is 0. The van der Waals surface area contributed by atoms with Crippen LogP contribution in [0.25, 0.3) is 0 Å². The molecule has 0 radical (unpaired) electrons. The average Bonchev–Trinajstić information content (AvgIpc) is 2.28. The van der Waals surface area contributed by atoms with Gasteiger partial charge in [-0.05, 0) is 19.8 Å². The van der Waals surface area contributed by atoms with Crippen LogP contribution in [0.4, 0.5) is 4.79 Å². The topological polar surface area (TPSA) is 102 Å². The SMILES string of the molecule is CCOC(=O)NS(=O)(=O)N1CCCC(C(N)=S)C1. The molecule has 1 saturated heterocycles. The van der Waals surface area contributed by atoms with Crippen molar-refractivity contribution < 1.29 is 17.9 Å². The molecule has 0 aliphatic carbocycles. The van der Waals surface area contributed by atoms with E-state index in [0.29, 0.717) is 18.0 Å². The van der Waals surface area contributed by atoms with Crippen LogP contribution in [0, 0.1) is 5.92 Å². The van der Waals surface area contributed by atoms with Crippen molar-refractivity contribution in [3.05, 3.63) is 0 Å². The van der Waals surface area contributed by atoms with Crippen molar-refractivity contribution in [1.82, 2.24) is 9.03 Å². The fourth-order valence-electron chi connectivity index (χ4n) is 1.72. The third-order valence-electron chi connectivity index (χ3n) is 2.61. The van der Waals surface area contributed by atoms with E-state index in [-0.39, 0.29) is 19.1 Å². The van der Waals surface area contributed by atoms with Crippen LogP contribution >= 0.6 is 12.2 Å². The molecule has 9 heteroatoms. The van der Waals surface area contributed by atoms with Gasteiger partial charge < -0.3 is 10.5 Å². The Bertz CT molecular complexity index is 424. The number of rotatable bonds is 4. The van der Waals surface area contributed by atoms with Gasteiger partial charge in [0.15, 0.2) is 0 Å². The van der Waals surface area contributed by atoms with E-state index in [1.807, 2.05) is 4.72 Å². The van der Waals surface area contributed by atoms with Gasteiger partial charge in [-0.15, -0.1) is 0 Å². The molecule has 0 saturated carbocycles. The molecule has 1 amide bonds. The Morgan fingerprint density at radius 2 is 2.28 bits per heavy atom. The van der Waals surface area contributed by atoms with Crippen molar-refractivity contribution in [2.24, 2.45) is 11.7 Å². The highest BCUT2D eigenvalue weighted by Crippen LogP contribution is 2.18. The van der Waals surface area contributed by atoms with E-state index in [0.717, 1.165) is 10.7 Å². The highest BCUT2D eigenvalue weighted by molar-refractivity contribution is 7.87. The molecule has 0 aromatic carbocycles. The second kappa shape index (κ2) is 6.30. The molecule has 1 atom stereocenters. The number of ether oxygens (including phenoxy) is 1. The molecule has 0 spiro atoms. The van der Waals surface area contributed by atoms with Crippen molar-refractivity contribution in [3.63, 3.8) is 0 Å². The third-order valence-corrected chi connectivity index (χ3v) is 4.38. The number of thiocarbonyl (C=S) groups is 1. The maximum Gasteiger partial charge on any atom is 0.421 e. The average molecular weight is 295 g/mol. The number of piperidine rings is 1. The number of hydrogen-bond donors (Lipinski definition) is 2. The predicted octanol–water partition coefficient (Wildman–Crippen LogP) is -0.0246. The Morgan fingerprint density at radius 3 is 2.83 bits per heavy atom. The minimum absolute atomic E-state index is 0.108. The molecule has 1 aliphatic rings. The van der Waals surface area contributed by atoms with Gasteiger partial charge in [-0.1, -0.05) is 12.2 Å². The lowest BCUT2D eigenvalue weighted by Gasteiger charge is -2.30. The van der Waals surface area contributed by atoms with E-state index < -0.39 is 16.3 Å². The molecule has 1 fully saturated rings. The van der Waals surface area contributed by atoms with Gasteiger partial charge in [-0.3, -0.25) is 0 Å². The molecule has 1 rings (SSSR count). The number of amides is 1. The maximum absolute atomic E-state index is 11.9. The fourth-order valence-corrected chi connectivity index (χ4v) is 3.06. The summed E-state index contributed by atoms with van der Waals surface area (Å²) < 4.78 is 31.3. The maximum atomic E-state index is 11.9. The number of nitrogens with zero attached hydrogens (tertiary/aromatic N) is 1. The van der Waals surface area contributed by atoms with Crippen LogP contribution in [-0.2, 0) is 14.9 Å². The highest BCUT2D eigenvalue weighted by Gasteiger charge is 2.31. The van der Waals surface area contributed by atoms with E-state index in [1.54, 1.807) is 6.92 Å². The minimum Gasteiger partial charge on any atom is -0.449 e. The molecular formula is C9H17N3O4S2. The van der Waals surface area contributed by atoms with Crippen LogP contribution in [0.3, 0.4) is 0 Å². The van der Waals surface area contributed by atoms with Gasteiger partial charge in [0.25, 0.3) is 0 Å². The molecule has 0 bridgehead atoms. The molecule has 3 N–H and O–H groups in total. The van der Waals surface area contributed by atoms with E-state index in [2.05, 4.69) is 4.74 Å². The molecule has 104 valence electrons. The summed E-state index contributed by atoms with van der Waals surface area (Å²) in [5.74, 6) is -0.146. The molecular weight excluding hydrogens is 278 g/mol. The minimum atomic E-state index is -3.88. The quantitative estimate of drug-likeness (QED) is 0.707. The number of carbonyl (C=O) groups excluding carboxylic acids is 1. The van der Waals surface area contributed by atoms with Gasteiger partial charge in [0.1, 0.15) is 0 Å². The normalized spacial score (nSPS) is 21.3. The number of carbonyl (C=O) groups is 1. The molecule has 1 heterocycles. The standard InChI is InChI=1S/C9H17N3O4S2/c1-2-16-9(13)11-18(14,15)12-5-3-4-7(6-12)8(10)17/h7H,2-6H2,1H3,(H2,10,17)(H,11,13). The first-order valence-corrected chi connectivity index (χ1v) is 7.45. The summed E-state index contributed by atoms with van der Waals surface area (Å²) in [7, 11) is -3.88. The Kier molecular flexibility index (Phi) is 5.29. The summed E-state index contributed by atoms with van der Waals surface area (Å²) in [6.45, 7) is 2.24. The number of hydrogen-bond acceptors (Lipinski definition) is 5.